The first kappa shape index (κ1) is 22.2. The third-order valence-electron chi connectivity index (χ3n) is 5.15. The summed E-state index contributed by atoms with van der Waals surface area (Å²) in [4.78, 5) is 30.7. The molecule has 0 saturated carbocycles. The lowest BCUT2D eigenvalue weighted by atomic mass is 9.97. The molecule has 1 atom stereocenters. The fraction of sp³-hybridized carbons (Fsp3) is 0.550. The van der Waals surface area contributed by atoms with Crippen LogP contribution in [0.5, 0.6) is 0 Å². The largest absolute Gasteiger partial charge is 0.356 e. The number of benzene rings is 1. The van der Waals surface area contributed by atoms with Gasteiger partial charge in [0.25, 0.3) is 10.0 Å². The summed E-state index contributed by atoms with van der Waals surface area (Å²) in [5.74, 6) is 0.148. The predicted octanol–water partition coefficient (Wildman–Crippen LogP) is 0.944. The molecule has 10 heteroatoms. The van der Waals surface area contributed by atoms with E-state index in [1.54, 1.807) is 12.1 Å². The molecule has 0 aromatic heterocycles. The third kappa shape index (κ3) is 6.02. The Labute approximate surface area is 177 Å². The van der Waals surface area contributed by atoms with Gasteiger partial charge in [-0.1, -0.05) is 6.07 Å². The third-order valence-corrected chi connectivity index (χ3v) is 6.53. The molecule has 0 aliphatic carbocycles. The number of piperidine rings is 1. The normalized spacial score (nSPS) is 19.8. The van der Waals surface area contributed by atoms with Gasteiger partial charge in [0, 0.05) is 31.7 Å². The maximum atomic E-state index is 12.5. The average molecular weight is 436 g/mol. The lowest BCUT2D eigenvalue weighted by Crippen LogP contribution is -2.45. The quantitative estimate of drug-likeness (QED) is 0.589. The smallest absolute Gasteiger partial charge is 0.262 e. The number of hydrogen-bond donors (Lipinski definition) is 3. The molecular formula is C20H29N5O4S. The van der Waals surface area contributed by atoms with Crippen molar-refractivity contribution < 1.29 is 18.0 Å². The number of rotatable bonds is 7. The number of nitrogens with one attached hydrogen (secondary N) is 3. The molecular weight excluding hydrogens is 406 g/mol. The van der Waals surface area contributed by atoms with Crippen LogP contribution >= 0.6 is 0 Å². The second kappa shape index (κ2) is 10.0. The molecule has 164 valence electrons. The van der Waals surface area contributed by atoms with Crippen LogP contribution in [0, 0.1) is 5.92 Å². The Morgan fingerprint density at radius 1 is 1.27 bits per heavy atom. The summed E-state index contributed by atoms with van der Waals surface area (Å²) in [5.41, 5.74) is 0.411. The minimum Gasteiger partial charge on any atom is -0.356 e. The predicted molar refractivity (Wildman–Crippen MR) is 115 cm³/mol. The first-order chi connectivity index (χ1) is 14.4. The first-order valence-electron chi connectivity index (χ1n) is 10.3. The molecule has 3 N–H and O–H groups in total. The Bertz CT molecular complexity index is 916. The molecule has 2 aliphatic heterocycles. The molecule has 0 spiro atoms. The number of hydrogen-bond acceptors (Lipinski definition) is 6. The van der Waals surface area contributed by atoms with Crippen molar-refractivity contribution in [2.24, 2.45) is 10.9 Å². The number of sulfonamides is 1. The van der Waals surface area contributed by atoms with Crippen molar-refractivity contribution in [2.75, 3.05) is 38.0 Å². The van der Waals surface area contributed by atoms with Crippen LogP contribution in [0.1, 0.15) is 32.6 Å². The summed E-state index contributed by atoms with van der Waals surface area (Å²) in [6.07, 6.45) is 3.13. The lowest BCUT2D eigenvalue weighted by Gasteiger charge is -2.31. The van der Waals surface area contributed by atoms with Gasteiger partial charge in [-0.3, -0.25) is 24.2 Å². The van der Waals surface area contributed by atoms with Gasteiger partial charge in [-0.05, 0) is 50.9 Å². The SMILES string of the molecule is CCNC(=O)C1CCCN(CC(=O)Nc2cccc(S(=O)(=O)NC3=NCCC3)c2)C1. The summed E-state index contributed by atoms with van der Waals surface area (Å²) in [5, 5.41) is 5.60. The molecule has 9 nitrogen and oxygen atoms in total. The lowest BCUT2D eigenvalue weighted by molar-refractivity contribution is -0.127. The molecule has 1 aromatic carbocycles. The zero-order chi connectivity index (χ0) is 21.6. The second-order valence-electron chi connectivity index (χ2n) is 7.58. The van der Waals surface area contributed by atoms with Gasteiger partial charge in [0.15, 0.2) is 0 Å². The van der Waals surface area contributed by atoms with Crippen LogP contribution in [0.2, 0.25) is 0 Å². The zero-order valence-electron chi connectivity index (χ0n) is 17.2. The number of carbonyl (C=O) groups excluding carboxylic acids is 2. The van der Waals surface area contributed by atoms with E-state index in [4.69, 9.17) is 0 Å². The Kier molecular flexibility index (Phi) is 7.43. The number of carbonyl (C=O) groups is 2. The molecule has 0 radical (unpaired) electrons. The van der Waals surface area contributed by atoms with E-state index in [0.29, 0.717) is 37.6 Å². The van der Waals surface area contributed by atoms with E-state index in [2.05, 4.69) is 20.3 Å². The monoisotopic (exact) mass is 435 g/mol. The standard InChI is InChI=1S/C20H29N5O4S/c1-2-21-20(27)15-6-5-11-25(13-15)14-19(26)23-16-7-3-8-17(12-16)30(28,29)24-18-9-4-10-22-18/h3,7-8,12,15H,2,4-6,9-11,13-14H2,1H3,(H,21,27)(H,22,24)(H,23,26). The topological polar surface area (TPSA) is 120 Å². The summed E-state index contributed by atoms with van der Waals surface area (Å²) in [6, 6.07) is 6.16. The zero-order valence-corrected chi connectivity index (χ0v) is 18.0. The molecule has 2 heterocycles. The molecule has 1 aromatic rings. The average Bonchev–Trinajstić information content (AvgIpc) is 3.21. The van der Waals surface area contributed by atoms with Crippen LogP contribution in [-0.4, -0.2) is 63.7 Å². The van der Waals surface area contributed by atoms with Gasteiger partial charge in [-0.15, -0.1) is 0 Å². The Morgan fingerprint density at radius 2 is 2.10 bits per heavy atom. The highest BCUT2D eigenvalue weighted by Gasteiger charge is 2.26. The van der Waals surface area contributed by atoms with Gasteiger partial charge in [-0.25, -0.2) is 8.42 Å². The number of likely N-dealkylation sites (tertiary alicyclic amines) is 1. The number of anilines is 1. The van der Waals surface area contributed by atoms with E-state index in [0.717, 1.165) is 25.8 Å². The minimum atomic E-state index is -3.74. The van der Waals surface area contributed by atoms with E-state index in [1.807, 2.05) is 11.8 Å². The molecule has 1 unspecified atom stereocenters. The molecule has 30 heavy (non-hydrogen) atoms. The van der Waals surface area contributed by atoms with E-state index in [9.17, 15) is 18.0 Å². The van der Waals surface area contributed by atoms with E-state index in [-0.39, 0.29) is 29.2 Å². The molecule has 2 aliphatic rings. The molecule has 2 amide bonds. The second-order valence-corrected chi connectivity index (χ2v) is 9.26. The molecule has 0 bridgehead atoms. The van der Waals surface area contributed by atoms with Crippen LogP contribution in [0.25, 0.3) is 0 Å². The number of amides is 2. The first-order valence-corrected chi connectivity index (χ1v) is 11.8. The van der Waals surface area contributed by atoms with Crippen molar-refractivity contribution in [3.8, 4) is 0 Å². The summed E-state index contributed by atoms with van der Waals surface area (Å²) < 4.78 is 27.6. The highest BCUT2D eigenvalue weighted by Crippen LogP contribution is 2.18. The highest BCUT2D eigenvalue weighted by molar-refractivity contribution is 7.90. The number of nitrogens with zero attached hydrogens (tertiary/aromatic N) is 2. The number of aliphatic imine (C=N–C) groups is 1. The Balaban J connectivity index is 1.58. The van der Waals surface area contributed by atoms with Crippen LogP contribution in [0.4, 0.5) is 5.69 Å². The maximum Gasteiger partial charge on any atom is 0.262 e. The van der Waals surface area contributed by atoms with Crippen LogP contribution in [-0.2, 0) is 19.6 Å². The number of amidine groups is 1. The summed E-state index contributed by atoms with van der Waals surface area (Å²) in [7, 11) is -3.74. The van der Waals surface area contributed by atoms with E-state index >= 15 is 0 Å². The Hall–Kier alpha value is -2.46. The van der Waals surface area contributed by atoms with Gasteiger partial charge >= 0.3 is 0 Å². The molecule has 3 rings (SSSR count). The van der Waals surface area contributed by atoms with Crippen molar-refractivity contribution in [1.29, 1.82) is 0 Å². The summed E-state index contributed by atoms with van der Waals surface area (Å²) in [6.45, 7) is 4.56. The molecule has 1 saturated heterocycles. The van der Waals surface area contributed by atoms with Crippen molar-refractivity contribution in [1.82, 2.24) is 14.9 Å². The van der Waals surface area contributed by atoms with Crippen molar-refractivity contribution in [3.63, 3.8) is 0 Å². The van der Waals surface area contributed by atoms with Gasteiger partial charge < -0.3 is 10.6 Å². The van der Waals surface area contributed by atoms with Crippen LogP contribution in [0.15, 0.2) is 34.2 Å². The van der Waals surface area contributed by atoms with E-state index < -0.39 is 10.0 Å². The Morgan fingerprint density at radius 3 is 2.83 bits per heavy atom. The van der Waals surface area contributed by atoms with Crippen molar-refractivity contribution >= 4 is 33.4 Å². The highest BCUT2D eigenvalue weighted by atomic mass is 32.2. The van der Waals surface area contributed by atoms with Gasteiger partial charge in [0.2, 0.25) is 11.8 Å². The molecule has 1 fully saturated rings. The van der Waals surface area contributed by atoms with Gasteiger partial charge in [-0.2, -0.15) is 0 Å². The fourth-order valence-electron chi connectivity index (χ4n) is 3.71. The van der Waals surface area contributed by atoms with Gasteiger partial charge in [0.05, 0.1) is 17.4 Å². The fourth-order valence-corrected chi connectivity index (χ4v) is 4.85. The maximum absolute atomic E-state index is 12.5. The van der Waals surface area contributed by atoms with Crippen molar-refractivity contribution in [2.45, 2.75) is 37.5 Å². The van der Waals surface area contributed by atoms with Gasteiger partial charge in [0.1, 0.15) is 5.84 Å². The van der Waals surface area contributed by atoms with Crippen LogP contribution < -0.4 is 15.4 Å². The van der Waals surface area contributed by atoms with E-state index in [1.165, 1.54) is 12.1 Å². The summed E-state index contributed by atoms with van der Waals surface area (Å²) >= 11 is 0. The minimum absolute atomic E-state index is 0.0277. The van der Waals surface area contributed by atoms with Crippen LogP contribution in [0.3, 0.4) is 0 Å². The van der Waals surface area contributed by atoms with Crippen molar-refractivity contribution in [3.05, 3.63) is 24.3 Å².